The number of nitrogens with zero attached hydrogens (tertiary/aromatic N) is 2. The molecule has 2 aliphatic rings. The summed E-state index contributed by atoms with van der Waals surface area (Å²) in [4.78, 5) is 51.9. The Balaban J connectivity index is 1.32. The number of benzene rings is 1. The Morgan fingerprint density at radius 1 is 1.00 bits per heavy atom. The monoisotopic (exact) mass is 489 g/mol. The highest BCUT2D eigenvalue weighted by molar-refractivity contribution is 5.82. The van der Waals surface area contributed by atoms with Crippen LogP contribution in [0.15, 0.2) is 30.3 Å². The van der Waals surface area contributed by atoms with Gasteiger partial charge in [0.1, 0.15) is 13.2 Å². The van der Waals surface area contributed by atoms with Crippen LogP contribution in [-0.2, 0) is 35.2 Å². The molecule has 3 rings (SSSR count). The van der Waals surface area contributed by atoms with E-state index in [0.29, 0.717) is 45.4 Å². The molecule has 3 amide bonds. The number of rotatable bonds is 9. The van der Waals surface area contributed by atoms with Gasteiger partial charge in [-0.1, -0.05) is 30.3 Å². The van der Waals surface area contributed by atoms with E-state index in [-0.39, 0.29) is 62.1 Å². The van der Waals surface area contributed by atoms with Crippen molar-refractivity contribution in [2.45, 2.75) is 44.8 Å². The lowest BCUT2D eigenvalue weighted by Crippen LogP contribution is -2.47. The second kappa shape index (κ2) is 13.7. The Kier molecular flexibility index (Phi) is 10.3. The van der Waals surface area contributed by atoms with Gasteiger partial charge in [0, 0.05) is 32.7 Å². The fourth-order valence-corrected chi connectivity index (χ4v) is 4.25. The number of piperidine rings is 2. The molecule has 1 aromatic carbocycles. The largest absolute Gasteiger partial charge is 0.469 e. The van der Waals surface area contributed by atoms with Crippen molar-refractivity contribution in [3.05, 3.63) is 35.9 Å². The Morgan fingerprint density at radius 3 is 2.46 bits per heavy atom. The fraction of sp³-hybridized carbons (Fsp3) is 0.600. The lowest BCUT2D eigenvalue weighted by molar-refractivity contribution is -0.142. The zero-order valence-electron chi connectivity index (χ0n) is 20.3. The second-order valence-electron chi connectivity index (χ2n) is 8.83. The van der Waals surface area contributed by atoms with Gasteiger partial charge in [-0.3, -0.25) is 14.4 Å². The van der Waals surface area contributed by atoms with E-state index in [0.717, 1.165) is 12.0 Å². The summed E-state index contributed by atoms with van der Waals surface area (Å²) in [6, 6.07) is 9.54. The van der Waals surface area contributed by atoms with Gasteiger partial charge in [0.05, 0.1) is 25.6 Å². The molecule has 0 spiro atoms. The normalized spacial score (nSPS) is 18.6. The molecule has 2 saturated heterocycles. The van der Waals surface area contributed by atoms with Gasteiger partial charge >= 0.3 is 12.1 Å². The molecule has 1 unspecified atom stereocenters. The average Bonchev–Trinajstić information content (AvgIpc) is 2.91. The first-order valence-electron chi connectivity index (χ1n) is 12.2. The number of carbonyl (C=O) groups excluding carboxylic acids is 4. The molecule has 0 saturated carbocycles. The van der Waals surface area contributed by atoms with Crippen molar-refractivity contribution in [3.63, 3.8) is 0 Å². The van der Waals surface area contributed by atoms with E-state index < -0.39 is 0 Å². The molecule has 2 heterocycles. The van der Waals surface area contributed by atoms with Crippen molar-refractivity contribution in [2.75, 3.05) is 46.4 Å². The summed E-state index contributed by atoms with van der Waals surface area (Å²) < 4.78 is 15.8. The van der Waals surface area contributed by atoms with Gasteiger partial charge in [-0.2, -0.15) is 0 Å². The molecule has 0 aromatic heterocycles. The zero-order chi connectivity index (χ0) is 25.0. The zero-order valence-corrected chi connectivity index (χ0v) is 20.3. The summed E-state index contributed by atoms with van der Waals surface area (Å²) in [7, 11) is 1.31. The van der Waals surface area contributed by atoms with Crippen LogP contribution in [0.2, 0.25) is 0 Å². The van der Waals surface area contributed by atoms with Gasteiger partial charge in [0.15, 0.2) is 0 Å². The van der Waals surface area contributed by atoms with Crippen molar-refractivity contribution in [2.24, 2.45) is 5.92 Å². The third-order valence-corrected chi connectivity index (χ3v) is 6.35. The number of hydrogen-bond acceptors (Lipinski definition) is 7. The number of amides is 3. The van der Waals surface area contributed by atoms with Gasteiger partial charge in [-0.25, -0.2) is 4.79 Å². The lowest BCUT2D eigenvalue weighted by Gasteiger charge is -2.34. The van der Waals surface area contributed by atoms with Crippen molar-refractivity contribution < 1.29 is 33.4 Å². The predicted molar refractivity (Wildman–Crippen MR) is 126 cm³/mol. The summed E-state index contributed by atoms with van der Waals surface area (Å²) in [6.45, 7) is 2.40. The molecule has 10 nitrogen and oxygen atoms in total. The Morgan fingerprint density at radius 2 is 1.74 bits per heavy atom. The molecule has 2 fully saturated rings. The topological polar surface area (TPSA) is 114 Å². The lowest BCUT2D eigenvalue weighted by atomic mass is 9.97. The number of nitrogens with one attached hydrogen (secondary N) is 1. The van der Waals surface area contributed by atoms with Gasteiger partial charge < -0.3 is 29.3 Å². The molecule has 0 aliphatic carbocycles. The van der Waals surface area contributed by atoms with Gasteiger partial charge in [-0.15, -0.1) is 0 Å². The van der Waals surface area contributed by atoms with E-state index in [1.54, 1.807) is 9.80 Å². The maximum atomic E-state index is 12.7. The van der Waals surface area contributed by atoms with Crippen LogP contribution < -0.4 is 5.32 Å². The van der Waals surface area contributed by atoms with Crippen LogP contribution in [0, 0.1) is 5.92 Å². The predicted octanol–water partition coefficient (Wildman–Crippen LogP) is 1.72. The summed E-state index contributed by atoms with van der Waals surface area (Å²) in [5.74, 6) is -0.964. The number of esters is 1. The standard InChI is InChI=1S/C25H35N3O7/c1-33-23(30)9-12-26-24(31)20-8-5-13-28(16-20)22(29)18-34-21-10-14-27(15-11-21)25(32)35-17-19-6-3-2-4-7-19/h2-4,6-7,20-21H,5,8-18H2,1H3,(H,26,31). The Bertz CT molecular complexity index is 856. The van der Waals surface area contributed by atoms with E-state index in [1.807, 2.05) is 30.3 Å². The maximum absolute atomic E-state index is 12.7. The van der Waals surface area contributed by atoms with E-state index in [1.165, 1.54) is 7.11 Å². The van der Waals surface area contributed by atoms with Crippen LogP contribution in [0.4, 0.5) is 4.79 Å². The minimum atomic E-state index is -0.377. The molecule has 35 heavy (non-hydrogen) atoms. The summed E-state index contributed by atoms with van der Waals surface area (Å²) >= 11 is 0. The Labute approximate surface area is 205 Å². The third-order valence-electron chi connectivity index (χ3n) is 6.35. The molecule has 1 atom stereocenters. The molecule has 10 heteroatoms. The van der Waals surface area contributed by atoms with Crippen LogP contribution in [0.5, 0.6) is 0 Å². The van der Waals surface area contributed by atoms with Gasteiger partial charge in [0.25, 0.3) is 0 Å². The van der Waals surface area contributed by atoms with Crippen molar-refractivity contribution in [3.8, 4) is 0 Å². The average molecular weight is 490 g/mol. The molecule has 1 aromatic rings. The highest BCUT2D eigenvalue weighted by Gasteiger charge is 2.30. The number of ether oxygens (including phenoxy) is 3. The first-order valence-corrected chi connectivity index (χ1v) is 12.2. The highest BCUT2D eigenvalue weighted by atomic mass is 16.6. The molecular formula is C25H35N3O7. The SMILES string of the molecule is COC(=O)CCNC(=O)C1CCCN(C(=O)COC2CCN(C(=O)OCc3ccccc3)CC2)C1. The number of carbonyl (C=O) groups is 4. The molecule has 0 bridgehead atoms. The molecular weight excluding hydrogens is 454 g/mol. The van der Waals surface area contributed by atoms with Crippen LogP contribution in [0.25, 0.3) is 0 Å². The summed E-state index contributed by atoms with van der Waals surface area (Å²) in [5, 5.41) is 2.74. The van der Waals surface area contributed by atoms with Gasteiger partial charge in [0.2, 0.25) is 11.8 Å². The van der Waals surface area contributed by atoms with Crippen LogP contribution in [-0.4, -0.2) is 86.2 Å². The first-order chi connectivity index (χ1) is 17.0. The first kappa shape index (κ1) is 26.5. The number of likely N-dealkylation sites (tertiary alicyclic amines) is 2. The van der Waals surface area contributed by atoms with Crippen molar-refractivity contribution in [1.82, 2.24) is 15.1 Å². The van der Waals surface area contributed by atoms with E-state index in [2.05, 4.69) is 10.1 Å². The molecule has 192 valence electrons. The Hall–Kier alpha value is -3.14. The van der Waals surface area contributed by atoms with E-state index >= 15 is 0 Å². The molecule has 2 aliphatic heterocycles. The van der Waals surface area contributed by atoms with Gasteiger partial charge in [-0.05, 0) is 31.2 Å². The summed E-state index contributed by atoms with van der Waals surface area (Å²) in [6.07, 6.45) is 2.40. The summed E-state index contributed by atoms with van der Waals surface area (Å²) in [5.41, 5.74) is 0.941. The van der Waals surface area contributed by atoms with Crippen LogP contribution in [0.1, 0.15) is 37.7 Å². The number of methoxy groups -OCH3 is 1. The minimum Gasteiger partial charge on any atom is -0.469 e. The van der Waals surface area contributed by atoms with Crippen molar-refractivity contribution in [1.29, 1.82) is 0 Å². The quantitative estimate of drug-likeness (QED) is 0.525. The smallest absolute Gasteiger partial charge is 0.410 e. The molecule has 1 N–H and O–H groups in total. The third kappa shape index (κ3) is 8.54. The maximum Gasteiger partial charge on any atom is 0.410 e. The highest BCUT2D eigenvalue weighted by Crippen LogP contribution is 2.19. The molecule has 0 radical (unpaired) electrons. The van der Waals surface area contributed by atoms with Crippen LogP contribution in [0.3, 0.4) is 0 Å². The second-order valence-corrected chi connectivity index (χ2v) is 8.83. The van der Waals surface area contributed by atoms with E-state index in [9.17, 15) is 19.2 Å². The fourth-order valence-electron chi connectivity index (χ4n) is 4.25. The van der Waals surface area contributed by atoms with E-state index in [4.69, 9.17) is 9.47 Å². The minimum absolute atomic E-state index is 0.0419. The number of hydrogen-bond donors (Lipinski definition) is 1. The van der Waals surface area contributed by atoms with Crippen LogP contribution >= 0.6 is 0 Å². The van der Waals surface area contributed by atoms with Crippen molar-refractivity contribution >= 4 is 23.9 Å².